The van der Waals surface area contributed by atoms with Gasteiger partial charge in [0, 0.05) is 12.1 Å². The van der Waals surface area contributed by atoms with E-state index >= 15 is 0 Å². The molecule has 0 rings (SSSR count). The fraction of sp³-hybridized carbons (Fsp3) is 0.875. The van der Waals surface area contributed by atoms with Crippen LogP contribution in [-0.2, 0) is 0 Å². The summed E-state index contributed by atoms with van der Waals surface area (Å²) in [5, 5.41) is 2.10. The monoisotopic (exact) mass is 208 g/mol. The summed E-state index contributed by atoms with van der Waals surface area (Å²) in [7, 11) is 0. The van der Waals surface area contributed by atoms with Gasteiger partial charge in [-0.25, -0.2) is 9.10 Å². The number of hydrogen-bond donors (Lipinski definition) is 1. The van der Waals surface area contributed by atoms with E-state index in [1.165, 1.54) is 11.9 Å². The lowest BCUT2D eigenvalue weighted by atomic mass is 10.3. The minimum atomic E-state index is -1.47. The second-order valence-electron chi connectivity index (χ2n) is 3.27. The largest absolute Gasteiger partial charge is 0.398 e. The number of nitrogens with one attached hydrogen (secondary N) is 1. The Balaban J connectivity index is 3.77. The summed E-state index contributed by atoms with van der Waals surface area (Å²) in [5.41, 5.74) is 0. The Morgan fingerprint density at radius 2 is 1.85 bits per heavy atom. The van der Waals surface area contributed by atoms with Gasteiger partial charge in [-0.3, -0.25) is 0 Å². The molecule has 0 atom stereocenters. The molecule has 13 heavy (non-hydrogen) atoms. The first kappa shape index (κ1) is 12.7. The van der Waals surface area contributed by atoms with E-state index < -0.39 is 6.16 Å². The van der Waals surface area contributed by atoms with Crippen molar-refractivity contribution in [2.75, 3.05) is 5.88 Å². The average Bonchev–Trinajstić information content (AvgIpc) is 1.95. The molecule has 78 valence electrons. The zero-order valence-corrected chi connectivity index (χ0v) is 9.32. The Bertz CT molecular complexity index is 156. The van der Waals surface area contributed by atoms with Crippen LogP contribution in [0.5, 0.6) is 0 Å². The van der Waals surface area contributed by atoms with Crippen molar-refractivity contribution in [3.8, 4) is 0 Å². The van der Waals surface area contributed by atoms with Crippen LogP contribution < -0.4 is 5.32 Å². The fourth-order valence-electron chi connectivity index (χ4n) is 1.06. The Morgan fingerprint density at radius 1 is 1.38 bits per heavy atom. The highest BCUT2D eigenvalue weighted by atomic mass is 32.2. The molecule has 0 aliphatic heterocycles. The molecule has 0 aromatic carbocycles. The van der Waals surface area contributed by atoms with Crippen LogP contribution >= 0.6 is 11.9 Å². The highest BCUT2D eigenvalue weighted by molar-refractivity contribution is 7.97. The molecular weight excluding hydrogens is 191 g/mol. The number of carbonyl (C=O) groups excluding carboxylic acids is 1. The van der Waals surface area contributed by atoms with Gasteiger partial charge in [-0.1, -0.05) is 11.9 Å². The zero-order chi connectivity index (χ0) is 10.4. The van der Waals surface area contributed by atoms with Crippen LogP contribution in [0.25, 0.3) is 0 Å². The van der Waals surface area contributed by atoms with Crippen molar-refractivity contribution in [3.63, 3.8) is 0 Å². The van der Waals surface area contributed by atoms with Crippen LogP contribution in [0, 0.1) is 0 Å². The van der Waals surface area contributed by atoms with Crippen LogP contribution in [0.4, 0.5) is 9.18 Å². The molecule has 0 saturated heterocycles. The normalized spacial score (nSPS) is 11.4. The van der Waals surface area contributed by atoms with Gasteiger partial charge in [-0.2, -0.15) is 0 Å². The second-order valence-corrected chi connectivity index (χ2v) is 4.24. The fourth-order valence-corrected chi connectivity index (χ4v) is 1.98. The van der Waals surface area contributed by atoms with E-state index in [0.717, 1.165) is 0 Å². The zero-order valence-electron chi connectivity index (χ0n) is 8.50. The molecule has 0 fully saturated rings. The summed E-state index contributed by atoms with van der Waals surface area (Å²) >= 11 is 1.43. The molecule has 0 spiro atoms. The first-order valence-electron chi connectivity index (χ1n) is 4.29. The molecule has 0 aromatic heterocycles. The predicted molar refractivity (Wildman–Crippen MR) is 54.2 cm³/mol. The number of amides is 1. The summed E-state index contributed by atoms with van der Waals surface area (Å²) in [6, 6.07) is 0.753. The summed E-state index contributed by atoms with van der Waals surface area (Å²) in [5.74, 6) is 0.283. The van der Waals surface area contributed by atoms with Crippen LogP contribution in [0.2, 0.25) is 0 Å². The van der Waals surface area contributed by atoms with Gasteiger partial charge in [0.1, 0.15) is 0 Å². The molecule has 0 heterocycles. The molecule has 0 bridgehead atoms. The highest BCUT2D eigenvalue weighted by Crippen LogP contribution is 2.16. The minimum Gasteiger partial charge on any atom is -0.318 e. The molecule has 0 unspecified atom stereocenters. The molecule has 5 heteroatoms. The molecular formula is C8H17FN2OS. The Hall–Kier alpha value is -0.290. The van der Waals surface area contributed by atoms with E-state index in [1.807, 2.05) is 0 Å². The van der Waals surface area contributed by atoms with Crippen molar-refractivity contribution in [3.05, 3.63) is 0 Å². The smallest absolute Gasteiger partial charge is 0.318 e. The van der Waals surface area contributed by atoms with Gasteiger partial charge in [0.05, 0.1) is 5.88 Å². The molecule has 0 saturated carbocycles. The van der Waals surface area contributed by atoms with Gasteiger partial charge in [0.2, 0.25) is 0 Å². The third-order valence-electron chi connectivity index (χ3n) is 1.44. The molecule has 0 aliphatic carbocycles. The third-order valence-corrected chi connectivity index (χ3v) is 2.86. The second kappa shape index (κ2) is 6.21. The minimum absolute atomic E-state index is 0.283. The summed E-state index contributed by atoms with van der Waals surface area (Å²) in [6.45, 7) is 8.24. The first-order chi connectivity index (χ1) is 5.95. The SMILES string of the molecule is CC(C)N(SCNC(=O)F)C(C)C. The van der Waals surface area contributed by atoms with Gasteiger partial charge >= 0.3 is 6.16 Å². The van der Waals surface area contributed by atoms with Crippen molar-refractivity contribution in [1.29, 1.82) is 0 Å². The number of carbonyl (C=O) groups is 1. The lowest BCUT2D eigenvalue weighted by Crippen LogP contribution is -2.33. The molecule has 3 nitrogen and oxygen atoms in total. The van der Waals surface area contributed by atoms with Gasteiger partial charge in [0.15, 0.2) is 0 Å². The van der Waals surface area contributed by atoms with E-state index in [4.69, 9.17) is 0 Å². The Morgan fingerprint density at radius 3 is 2.15 bits per heavy atom. The molecule has 0 aromatic rings. The van der Waals surface area contributed by atoms with Crippen molar-refractivity contribution in [1.82, 2.24) is 9.62 Å². The van der Waals surface area contributed by atoms with Crippen molar-refractivity contribution >= 4 is 18.1 Å². The van der Waals surface area contributed by atoms with Crippen LogP contribution in [0.3, 0.4) is 0 Å². The number of nitrogens with zero attached hydrogens (tertiary/aromatic N) is 1. The number of hydrogen-bond acceptors (Lipinski definition) is 3. The van der Waals surface area contributed by atoms with Gasteiger partial charge in [-0.15, -0.1) is 4.39 Å². The topological polar surface area (TPSA) is 32.3 Å². The van der Waals surface area contributed by atoms with E-state index in [-0.39, 0.29) is 5.88 Å². The lowest BCUT2D eigenvalue weighted by Gasteiger charge is -2.28. The maximum absolute atomic E-state index is 11.8. The Labute approximate surface area is 83.2 Å². The molecule has 1 N–H and O–H groups in total. The number of rotatable bonds is 5. The number of halogens is 1. The summed E-state index contributed by atoms with van der Waals surface area (Å²) in [4.78, 5) is 9.96. The van der Waals surface area contributed by atoms with Gasteiger partial charge < -0.3 is 5.32 Å². The summed E-state index contributed by atoms with van der Waals surface area (Å²) < 4.78 is 13.9. The quantitative estimate of drug-likeness (QED) is 0.326. The van der Waals surface area contributed by atoms with Crippen LogP contribution in [-0.4, -0.2) is 28.4 Å². The average molecular weight is 208 g/mol. The maximum atomic E-state index is 11.8. The van der Waals surface area contributed by atoms with E-state index in [9.17, 15) is 9.18 Å². The first-order valence-corrected chi connectivity index (χ1v) is 5.24. The Kier molecular flexibility index (Phi) is 6.07. The van der Waals surface area contributed by atoms with Gasteiger partial charge in [-0.05, 0) is 27.7 Å². The lowest BCUT2D eigenvalue weighted by molar-refractivity contribution is 0.223. The van der Waals surface area contributed by atoms with E-state index in [1.54, 1.807) is 0 Å². The standard InChI is InChI=1S/C8H17FN2OS/c1-6(2)11(7(3)4)13-5-10-8(9)12/h6-7H,5H2,1-4H3,(H,10,12). The molecule has 1 amide bonds. The molecule has 0 aliphatic rings. The van der Waals surface area contributed by atoms with E-state index in [0.29, 0.717) is 12.1 Å². The van der Waals surface area contributed by atoms with Crippen molar-refractivity contribution in [2.24, 2.45) is 0 Å². The highest BCUT2D eigenvalue weighted by Gasteiger charge is 2.13. The van der Waals surface area contributed by atoms with Crippen LogP contribution in [0.15, 0.2) is 0 Å². The van der Waals surface area contributed by atoms with Crippen LogP contribution in [0.1, 0.15) is 27.7 Å². The molecule has 0 radical (unpaired) electrons. The van der Waals surface area contributed by atoms with Crippen molar-refractivity contribution < 1.29 is 9.18 Å². The summed E-state index contributed by atoms with van der Waals surface area (Å²) in [6.07, 6.45) is -1.47. The van der Waals surface area contributed by atoms with E-state index in [2.05, 4.69) is 37.3 Å². The predicted octanol–water partition coefficient (Wildman–Crippen LogP) is 2.39. The van der Waals surface area contributed by atoms with Crippen molar-refractivity contribution in [2.45, 2.75) is 39.8 Å². The van der Waals surface area contributed by atoms with Gasteiger partial charge in [0.25, 0.3) is 0 Å². The maximum Gasteiger partial charge on any atom is 0.398 e. The third kappa shape index (κ3) is 5.87.